The summed E-state index contributed by atoms with van der Waals surface area (Å²) in [7, 11) is 1.74. The smallest absolute Gasteiger partial charge is 0.122 e. The van der Waals surface area contributed by atoms with Gasteiger partial charge in [0.05, 0.1) is 7.11 Å². The van der Waals surface area contributed by atoms with Crippen molar-refractivity contribution in [3.05, 3.63) is 28.8 Å². The Morgan fingerprint density at radius 3 is 2.43 bits per heavy atom. The zero-order valence-electron chi connectivity index (χ0n) is 8.89. The molecule has 14 heavy (non-hydrogen) atoms. The fourth-order valence-electron chi connectivity index (χ4n) is 2.05. The lowest BCUT2D eigenvalue weighted by molar-refractivity contribution is 0.411. The van der Waals surface area contributed by atoms with Gasteiger partial charge < -0.3 is 10.1 Å². The minimum atomic E-state index is 1.02. The lowest BCUT2D eigenvalue weighted by Gasteiger charge is -2.10. The summed E-state index contributed by atoms with van der Waals surface area (Å²) in [5.41, 5.74) is 4.17. The molecule has 0 amide bonds. The molecular weight excluding hydrogens is 174 g/mol. The number of ether oxygens (including phenoxy) is 1. The predicted molar refractivity (Wildman–Crippen MR) is 58.0 cm³/mol. The molecule has 2 heteroatoms. The van der Waals surface area contributed by atoms with Gasteiger partial charge in [0.1, 0.15) is 5.75 Å². The van der Waals surface area contributed by atoms with E-state index >= 15 is 0 Å². The zero-order valence-corrected chi connectivity index (χ0v) is 8.89. The normalized spacial score (nSPS) is 15.9. The number of hydrogen-bond acceptors (Lipinski definition) is 2. The van der Waals surface area contributed by atoms with Crippen LogP contribution < -0.4 is 10.1 Å². The Morgan fingerprint density at radius 1 is 1.14 bits per heavy atom. The highest BCUT2D eigenvalue weighted by Gasteiger charge is 2.10. The van der Waals surface area contributed by atoms with Crippen LogP contribution in [0.15, 0.2) is 12.1 Å². The number of rotatable bonds is 1. The largest absolute Gasteiger partial charge is 0.496 e. The monoisotopic (exact) mass is 191 g/mol. The number of aryl methyl sites for hydroxylation is 1. The van der Waals surface area contributed by atoms with Crippen LogP contribution in [0.1, 0.15) is 16.7 Å². The molecule has 2 rings (SSSR count). The molecule has 1 N–H and O–H groups in total. The van der Waals surface area contributed by atoms with Crippen LogP contribution >= 0.6 is 0 Å². The summed E-state index contributed by atoms with van der Waals surface area (Å²) in [6.45, 7) is 4.29. The number of fused-ring (bicyclic) bond motifs is 1. The Kier molecular flexibility index (Phi) is 2.73. The quantitative estimate of drug-likeness (QED) is 0.729. The van der Waals surface area contributed by atoms with E-state index in [4.69, 9.17) is 4.74 Å². The maximum absolute atomic E-state index is 5.33. The SMILES string of the molecule is COc1cc2c(cc1C)CCNCC2. The minimum absolute atomic E-state index is 1.02. The van der Waals surface area contributed by atoms with E-state index in [9.17, 15) is 0 Å². The van der Waals surface area contributed by atoms with E-state index in [1.807, 2.05) is 0 Å². The van der Waals surface area contributed by atoms with Gasteiger partial charge in [0.15, 0.2) is 0 Å². The molecule has 0 spiro atoms. The molecular formula is C12H17NO. The van der Waals surface area contributed by atoms with Crippen LogP contribution in [0.4, 0.5) is 0 Å². The molecule has 1 aromatic carbocycles. The maximum atomic E-state index is 5.33. The van der Waals surface area contributed by atoms with E-state index in [0.29, 0.717) is 0 Å². The molecule has 1 aliphatic heterocycles. The summed E-state index contributed by atoms with van der Waals surface area (Å²) in [6.07, 6.45) is 2.26. The molecule has 1 aliphatic rings. The van der Waals surface area contributed by atoms with E-state index < -0.39 is 0 Å². The third-order valence-electron chi connectivity index (χ3n) is 2.86. The van der Waals surface area contributed by atoms with Crippen LogP contribution in [-0.2, 0) is 12.8 Å². The average molecular weight is 191 g/mol. The van der Waals surface area contributed by atoms with Crippen LogP contribution in [0.2, 0.25) is 0 Å². The molecule has 0 fully saturated rings. The number of hydrogen-bond donors (Lipinski definition) is 1. The Balaban J connectivity index is 2.41. The van der Waals surface area contributed by atoms with E-state index in [1.54, 1.807) is 7.11 Å². The van der Waals surface area contributed by atoms with Crippen molar-refractivity contribution in [1.82, 2.24) is 5.32 Å². The molecule has 1 aromatic rings. The summed E-state index contributed by atoms with van der Waals surface area (Å²) >= 11 is 0. The van der Waals surface area contributed by atoms with Crippen LogP contribution in [0.25, 0.3) is 0 Å². The average Bonchev–Trinajstić information content (AvgIpc) is 2.41. The van der Waals surface area contributed by atoms with Crippen molar-refractivity contribution in [1.29, 1.82) is 0 Å². The molecule has 76 valence electrons. The van der Waals surface area contributed by atoms with Crippen molar-refractivity contribution in [3.63, 3.8) is 0 Å². The van der Waals surface area contributed by atoms with Gasteiger partial charge in [-0.25, -0.2) is 0 Å². The minimum Gasteiger partial charge on any atom is -0.496 e. The molecule has 0 unspecified atom stereocenters. The Hall–Kier alpha value is -1.02. The van der Waals surface area contributed by atoms with Crippen LogP contribution in [-0.4, -0.2) is 20.2 Å². The first kappa shape index (κ1) is 9.53. The highest BCUT2D eigenvalue weighted by atomic mass is 16.5. The summed E-state index contributed by atoms with van der Waals surface area (Å²) in [6, 6.07) is 4.46. The van der Waals surface area contributed by atoms with Gasteiger partial charge in [-0.05, 0) is 55.6 Å². The van der Waals surface area contributed by atoms with E-state index in [1.165, 1.54) is 16.7 Å². The highest BCUT2D eigenvalue weighted by Crippen LogP contribution is 2.24. The Labute approximate surface area is 85.3 Å². The topological polar surface area (TPSA) is 21.3 Å². The molecule has 0 saturated heterocycles. The number of benzene rings is 1. The first-order valence-corrected chi connectivity index (χ1v) is 5.18. The van der Waals surface area contributed by atoms with Gasteiger partial charge in [0.25, 0.3) is 0 Å². The Bertz CT molecular complexity index is 333. The molecule has 0 aliphatic carbocycles. The van der Waals surface area contributed by atoms with Crippen molar-refractivity contribution >= 4 is 0 Å². The highest BCUT2D eigenvalue weighted by molar-refractivity contribution is 5.42. The first-order chi connectivity index (χ1) is 6.81. The van der Waals surface area contributed by atoms with Crippen LogP contribution in [0, 0.1) is 6.92 Å². The second kappa shape index (κ2) is 4.01. The van der Waals surface area contributed by atoms with Gasteiger partial charge >= 0.3 is 0 Å². The van der Waals surface area contributed by atoms with E-state index in [-0.39, 0.29) is 0 Å². The van der Waals surface area contributed by atoms with Gasteiger partial charge in [-0.2, -0.15) is 0 Å². The Morgan fingerprint density at radius 2 is 1.79 bits per heavy atom. The lowest BCUT2D eigenvalue weighted by Crippen LogP contribution is -2.16. The molecule has 0 atom stereocenters. The van der Waals surface area contributed by atoms with Crippen molar-refractivity contribution in [3.8, 4) is 5.75 Å². The molecule has 0 bridgehead atoms. The number of methoxy groups -OCH3 is 1. The van der Waals surface area contributed by atoms with E-state index in [0.717, 1.165) is 31.7 Å². The summed E-state index contributed by atoms with van der Waals surface area (Å²) in [5, 5.41) is 3.41. The molecule has 0 aromatic heterocycles. The van der Waals surface area contributed by atoms with Crippen molar-refractivity contribution in [2.45, 2.75) is 19.8 Å². The van der Waals surface area contributed by atoms with Gasteiger partial charge in [-0.3, -0.25) is 0 Å². The van der Waals surface area contributed by atoms with Gasteiger partial charge in [-0.1, -0.05) is 6.07 Å². The van der Waals surface area contributed by atoms with Gasteiger partial charge in [0, 0.05) is 0 Å². The fourth-order valence-corrected chi connectivity index (χ4v) is 2.05. The maximum Gasteiger partial charge on any atom is 0.122 e. The summed E-state index contributed by atoms with van der Waals surface area (Å²) < 4.78 is 5.33. The number of nitrogens with one attached hydrogen (secondary N) is 1. The third kappa shape index (κ3) is 1.75. The molecule has 0 saturated carbocycles. The van der Waals surface area contributed by atoms with Crippen molar-refractivity contribution in [2.24, 2.45) is 0 Å². The van der Waals surface area contributed by atoms with Crippen molar-refractivity contribution < 1.29 is 4.74 Å². The summed E-state index contributed by atoms with van der Waals surface area (Å²) in [5.74, 6) is 1.02. The zero-order chi connectivity index (χ0) is 9.97. The van der Waals surface area contributed by atoms with Gasteiger partial charge in [-0.15, -0.1) is 0 Å². The molecule has 1 heterocycles. The fraction of sp³-hybridized carbons (Fsp3) is 0.500. The summed E-state index contributed by atoms with van der Waals surface area (Å²) in [4.78, 5) is 0. The predicted octanol–water partition coefficient (Wildman–Crippen LogP) is 1.69. The second-order valence-corrected chi connectivity index (χ2v) is 3.84. The lowest BCUT2D eigenvalue weighted by atomic mass is 10.00. The van der Waals surface area contributed by atoms with E-state index in [2.05, 4.69) is 24.4 Å². The van der Waals surface area contributed by atoms with Gasteiger partial charge in [0.2, 0.25) is 0 Å². The molecule has 0 radical (unpaired) electrons. The molecule has 2 nitrogen and oxygen atoms in total. The van der Waals surface area contributed by atoms with Crippen LogP contribution in [0.3, 0.4) is 0 Å². The van der Waals surface area contributed by atoms with Crippen molar-refractivity contribution in [2.75, 3.05) is 20.2 Å². The third-order valence-corrected chi connectivity index (χ3v) is 2.86. The first-order valence-electron chi connectivity index (χ1n) is 5.18. The standard InChI is InChI=1S/C12H17NO/c1-9-7-10-3-5-13-6-4-11(10)8-12(9)14-2/h7-8,13H,3-6H2,1-2H3. The second-order valence-electron chi connectivity index (χ2n) is 3.84. The van der Waals surface area contributed by atoms with Crippen LogP contribution in [0.5, 0.6) is 5.75 Å².